The number of imidazole rings is 1. The van der Waals surface area contributed by atoms with Gasteiger partial charge in [-0.25, -0.2) is 9.78 Å². The first-order valence-electron chi connectivity index (χ1n) is 9.92. The lowest BCUT2D eigenvalue weighted by Gasteiger charge is -2.08. The Morgan fingerprint density at radius 2 is 2.13 bits per heavy atom. The summed E-state index contributed by atoms with van der Waals surface area (Å²) in [5.74, 6) is 0.796. The molecule has 0 saturated heterocycles. The van der Waals surface area contributed by atoms with Crippen molar-refractivity contribution in [2.24, 2.45) is 0 Å². The van der Waals surface area contributed by atoms with Crippen LogP contribution in [0.5, 0.6) is 5.75 Å². The normalized spacial score (nSPS) is 13.4. The Morgan fingerprint density at radius 1 is 1.30 bits per heavy atom. The number of aromatic amines is 1. The second-order valence-electron chi connectivity index (χ2n) is 6.88. The third-order valence-corrected chi connectivity index (χ3v) is 6.44. The van der Waals surface area contributed by atoms with Crippen molar-refractivity contribution in [3.63, 3.8) is 0 Å². The number of esters is 1. The van der Waals surface area contributed by atoms with Crippen molar-refractivity contribution >= 4 is 51.0 Å². The van der Waals surface area contributed by atoms with E-state index < -0.39 is 0 Å². The van der Waals surface area contributed by atoms with E-state index in [1.807, 2.05) is 30.5 Å². The molecule has 2 N–H and O–H groups in total. The summed E-state index contributed by atoms with van der Waals surface area (Å²) in [6.07, 6.45) is 2.15. The maximum Gasteiger partial charge on any atom is 0.341 e. The highest BCUT2D eigenvalue weighted by atomic mass is 32.2. The molecule has 1 aromatic carbocycles. The van der Waals surface area contributed by atoms with E-state index in [4.69, 9.17) is 9.47 Å². The first-order chi connectivity index (χ1) is 14.6. The molecule has 2 heterocycles. The van der Waals surface area contributed by atoms with Crippen LogP contribution in [-0.4, -0.2) is 40.8 Å². The van der Waals surface area contributed by atoms with Gasteiger partial charge in [0.15, 0.2) is 5.16 Å². The number of anilines is 1. The third-order valence-electron chi connectivity index (χ3n) is 4.65. The molecule has 7 nitrogen and oxygen atoms in total. The number of H-pyrrole nitrogens is 1. The standard InChI is InChI=1S/C21H23N3O4S2/c1-3-27-13-7-8-15-16(9-13)23-21(22-15)30-11-17(25)24-19-18(20(26)28-4-2)14(10-29-19)12-5-6-12/h7-10,12H,3-6,11H2,1-2H3,(H,22,23)(H,24,25). The first kappa shape index (κ1) is 20.7. The number of thiophene rings is 1. The molecule has 2 aromatic heterocycles. The van der Waals surface area contributed by atoms with Crippen molar-refractivity contribution in [3.8, 4) is 5.75 Å². The van der Waals surface area contributed by atoms with E-state index in [0.717, 1.165) is 35.2 Å². The van der Waals surface area contributed by atoms with Gasteiger partial charge in [-0.2, -0.15) is 0 Å². The number of nitrogens with one attached hydrogen (secondary N) is 2. The molecule has 0 bridgehead atoms. The van der Waals surface area contributed by atoms with Crippen molar-refractivity contribution in [1.29, 1.82) is 0 Å². The molecule has 30 heavy (non-hydrogen) atoms. The first-order valence-corrected chi connectivity index (χ1v) is 11.8. The average molecular weight is 446 g/mol. The van der Waals surface area contributed by atoms with Crippen molar-refractivity contribution in [3.05, 3.63) is 34.7 Å². The zero-order valence-corrected chi connectivity index (χ0v) is 18.5. The Labute approximate surface area is 182 Å². The van der Waals surface area contributed by atoms with Gasteiger partial charge < -0.3 is 19.8 Å². The molecule has 0 radical (unpaired) electrons. The summed E-state index contributed by atoms with van der Waals surface area (Å²) in [6, 6.07) is 5.66. The zero-order valence-electron chi connectivity index (χ0n) is 16.8. The number of carbonyl (C=O) groups is 2. The summed E-state index contributed by atoms with van der Waals surface area (Å²) < 4.78 is 10.7. The van der Waals surface area contributed by atoms with Crippen LogP contribution in [-0.2, 0) is 9.53 Å². The van der Waals surface area contributed by atoms with Crippen molar-refractivity contribution in [2.75, 3.05) is 24.3 Å². The number of benzene rings is 1. The van der Waals surface area contributed by atoms with Crippen LogP contribution in [0.1, 0.15) is 48.5 Å². The minimum atomic E-state index is -0.369. The lowest BCUT2D eigenvalue weighted by Crippen LogP contribution is -2.16. The summed E-state index contributed by atoms with van der Waals surface area (Å²) in [5.41, 5.74) is 3.18. The molecule has 0 aliphatic heterocycles. The molecule has 0 unspecified atom stereocenters. The SMILES string of the molecule is CCOC(=O)c1c(C2CC2)csc1NC(=O)CSc1nc2ccc(OCC)cc2[nH]1. The topological polar surface area (TPSA) is 93.3 Å². The summed E-state index contributed by atoms with van der Waals surface area (Å²) in [4.78, 5) is 32.7. The Balaban J connectivity index is 1.41. The maximum atomic E-state index is 12.5. The quantitative estimate of drug-likeness (QED) is 0.363. The van der Waals surface area contributed by atoms with Crippen LogP contribution in [0.15, 0.2) is 28.7 Å². The molecule has 1 aliphatic carbocycles. The van der Waals surface area contributed by atoms with Gasteiger partial charge in [-0.1, -0.05) is 11.8 Å². The van der Waals surface area contributed by atoms with Crippen LogP contribution < -0.4 is 10.1 Å². The van der Waals surface area contributed by atoms with E-state index >= 15 is 0 Å². The minimum absolute atomic E-state index is 0.178. The summed E-state index contributed by atoms with van der Waals surface area (Å²) in [6.45, 7) is 4.62. The predicted molar refractivity (Wildman–Crippen MR) is 119 cm³/mol. The van der Waals surface area contributed by atoms with E-state index in [0.29, 0.717) is 34.9 Å². The highest BCUT2D eigenvalue weighted by molar-refractivity contribution is 7.99. The van der Waals surface area contributed by atoms with E-state index in [1.54, 1.807) is 6.92 Å². The molecule has 158 valence electrons. The van der Waals surface area contributed by atoms with E-state index in [2.05, 4.69) is 15.3 Å². The lowest BCUT2D eigenvalue weighted by atomic mass is 10.1. The number of aromatic nitrogens is 2. The number of thioether (sulfide) groups is 1. The van der Waals surface area contributed by atoms with Gasteiger partial charge in [0.2, 0.25) is 5.91 Å². The monoisotopic (exact) mass is 445 g/mol. The molecule has 1 saturated carbocycles. The van der Waals surface area contributed by atoms with Crippen molar-refractivity contribution in [2.45, 2.75) is 37.8 Å². The van der Waals surface area contributed by atoms with Gasteiger partial charge in [0, 0.05) is 6.07 Å². The second-order valence-corrected chi connectivity index (χ2v) is 8.72. The van der Waals surface area contributed by atoms with Crippen LogP contribution >= 0.6 is 23.1 Å². The fourth-order valence-corrected chi connectivity index (χ4v) is 4.89. The van der Waals surface area contributed by atoms with Crippen LogP contribution in [0.25, 0.3) is 11.0 Å². The molecule has 0 spiro atoms. The zero-order chi connectivity index (χ0) is 21.1. The molecule has 1 fully saturated rings. The van der Waals surface area contributed by atoms with Gasteiger partial charge in [-0.15, -0.1) is 11.3 Å². The lowest BCUT2D eigenvalue weighted by molar-refractivity contribution is -0.113. The molecule has 4 rings (SSSR count). The Morgan fingerprint density at radius 3 is 2.87 bits per heavy atom. The van der Waals surface area contributed by atoms with Crippen LogP contribution in [0.4, 0.5) is 5.00 Å². The molecule has 1 aliphatic rings. The molecular weight excluding hydrogens is 422 g/mol. The van der Waals surface area contributed by atoms with Crippen LogP contribution in [0.3, 0.4) is 0 Å². The fourth-order valence-electron chi connectivity index (χ4n) is 3.16. The van der Waals surface area contributed by atoms with Crippen LogP contribution in [0.2, 0.25) is 0 Å². The van der Waals surface area contributed by atoms with Gasteiger partial charge in [-0.3, -0.25) is 4.79 Å². The Kier molecular flexibility index (Phi) is 6.29. The Hall–Kier alpha value is -2.52. The number of ether oxygens (including phenoxy) is 2. The maximum absolute atomic E-state index is 12.5. The molecule has 0 atom stereocenters. The Bertz CT molecular complexity index is 1070. The third kappa shape index (κ3) is 4.62. The molecule has 1 amide bonds. The van der Waals surface area contributed by atoms with E-state index in [-0.39, 0.29) is 17.6 Å². The second kappa shape index (κ2) is 9.09. The van der Waals surface area contributed by atoms with Gasteiger partial charge in [-0.05, 0) is 55.7 Å². The largest absolute Gasteiger partial charge is 0.494 e. The highest BCUT2D eigenvalue weighted by Gasteiger charge is 2.32. The average Bonchev–Trinajstić information content (AvgIpc) is 3.35. The molecule has 9 heteroatoms. The molecule has 3 aromatic rings. The predicted octanol–water partition coefficient (Wildman–Crippen LogP) is 4.81. The number of hydrogen-bond acceptors (Lipinski definition) is 7. The number of carbonyl (C=O) groups excluding carboxylic acids is 2. The fraction of sp³-hybridized carbons (Fsp3) is 0.381. The highest BCUT2D eigenvalue weighted by Crippen LogP contribution is 2.46. The van der Waals surface area contributed by atoms with Gasteiger partial charge in [0.1, 0.15) is 10.8 Å². The van der Waals surface area contributed by atoms with Gasteiger partial charge >= 0.3 is 5.97 Å². The van der Waals surface area contributed by atoms with Gasteiger partial charge in [0.05, 0.1) is 35.6 Å². The number of amides is 1. The van der Waals surface area contributed by atoms with Crippen molar-refractivity contribution in [1.82, 2.24) is 9.97 Å². The number of fused-ring (bicyclic) bond motifs is 1. The number of rotatable bonds is 9. The van der Waals surface area contributed by atoms with Crippen molar-refractivity contribution < 1.29 is 19.1 Å². The smallest absolute Gasteiger partial charge is 0.341 e. The minimum Gasteiger partial charge on any atom is -0.494 e. The summed E-state index contributed by atoms with van der Waals surface area (Å²) in [7, 11) is 0. The molecular formula is C21H23N3O4S2. The number of nitrogens with zero attached hydrogens (tertiary/aromatic N) is 1. The van der Waals surface area contributed by atoms with Gasteiger partial charge in [0.25, 0.3) is 0 Å². The number of hydrogen-bond donors (Lipinski definition) is 2. The summed E-state index contributed by atoms with van der Waals surface area (Å²) in [5, 5.41) is 6.06. The van der Waals surface area contributed by atoms with Crippen LogP contribution in [0, 0.1) is 0 Å². The summed E-state index contributed by atoms with van der Waals surface area (Å²) >= 11 is 2.69. The van der Waals surface area contributed by atoms with E-state index in [1.165, 1.54) is 23.1 Å². The van der Waals surface area contributed by atoms with E-state index in [9.17, 15) is 9.59 Å².